The van der Waals surface area contributed by atoms with E-state index in [1.807, 2.05) is 0 Å². The topological polar surface area (TPSA) is 0 Å². The van der Waals surface area contributed by atoms with E-state index in [0.29, 0.717) is 11.8 Å². The molecule has 0 amide bonds. The van der Waals surface area contributed by atoms with Crippen LogP contribution in [-0.2, 0) is 0 Å². The minimum Gasteiger partial charge on any atom is -0.0619 e. The Morgan fingerprint density at radius 2 is 0.667 bits per heavy atom. The first-order chi connectivity index (χ1) is 23.8. The van der Waals surface area contributed by atoms with E-state index in [4.69, 9.17) is 0 Å². The molecule has 0 heterocycles. The normalized spacial score (nSPS) is 13.4. The second-order valence-electron chi connectivity index (χ2n) is 13.5. The van der Waals surface area contributed by atoms with Crippen molar-refractivity contribution >= 4 is 21.5 Å². The van der Waals surface area contributed by atoms with Crippen LogP contribution in [0.3, 0.4) is 0 Å². The van der Waals surface area contributed by atoms with Crippen molar-refractivity contribution in [3.63, 3.8) is 0 Å². The molecule has 0 nitrogen and oxygen atoms in total. The molecule has 0 spiro atoms. The maximum absolute atomic E-state index is 2.51. The third kappa shape index (κ3) is 4.23. The molecule has 0 saturated carbocycles. The van der Waals surface area contributed by atoms with Crippen molar-refractivity contribution in [2.75, 3.05) is 0 Å². The van der Waals surface area contributed by atoms with Gasteiger partial charge in [0, 0.05) is 11.8 Å². The zero-order valence-corrected chi connectivity index (χ0v) is 26.7. The molecule has 0 saturated heterocycles. The fourth-order valence-corrected chi connectivity index (χ4v) is 8.86. The van der Waals surface area contributed by atoms with E-state index in [9.17, 15) is 0 Å². The van der Waals surface area contributed by atoms with E-state index in [-0.39, 0.29) is 0 Å². The Morgan fingerprint density at radius 3 is 1.19 bits per heavy atom. The predicted molar refractivity (Wildman–Crippen MR) is 203 cm³/mol. The Balaban J connectivity index is 1.11. The monoisotopic (exact) mass is 610 g/mol. The van der Waals surface area contributed by atoms with Crippen LogP contribution in [0.4, 0.5) is 0 Å². The average molecular weight is 611 g/mol. The molecular formula is C48H34. The van der Waals surface area contributed by atoms with E-state index in [2.05, 4.69) is 170 Å². The van der Waals surface area contributed by atoms with Crippen molar-refractivity contribution in [2.24, 2.45) is 0 Å². The zero-order chi connectivity index (χ0) is 31.6. The van der Waals surface area contributed by atoms with Gasteiger partial charge in [0.15, 0.2) is 0 Å². The van der Waals surface area contributed by atoms with Crippen molar-refractivity contribution < 1.29 is 0 Å². The predicted octanol–water partition coefficient (Wildman–Crippen LogP) is 13.0. The highest BCUT2D eigenvalue weighted by Gasteiger charge is 2.33. The Kier molecular flexibility index (Phi) is 6.24. The summed E-state index contributed by atoms with van der Waals surface area (Å²) in [7, 11) is 0. The lowest BCUT2D eigenvalue weighted by atomic mass is 9.84. The first-order valence-corrected chi connectivity index (χ1v) is 17.2. The fourth-order valence-electron chi connectivity index (χ4n) is 8.86. The van der Waals surface area contributed by atoms with Crippen molar-refractivity contribution in [3.05, 3.63) is 192 Å². The van der Waals surface area contributed by atoms with Crippen LogP contribution >= 0.6 is 0 Å². The van der Waals surface area contributed by atoms with Gasteiger partial charge in [-0.05, 0) is 113 Å². The molecule has 0 radical (unpaired) electrons. The molecule has 8 aromatic carbocycles. The maximum atomic E-state index is 2.51. The van der Waals surface area contributed by atoms with Crippen LogP contribution in [0, 0.1) is 0 Å². The summed E-state index contributed by atoms with van der Waals surface area (Å²) in [6.45, 7) is 0. The Hall–Kier alpha value is -5.72. The molecule has 0 fully saturated rings. The largest absolute Gasteiger partial charge is 0.0619 e. The van der Waals surface area contributed by atoms with Crippen LogP contribution in [-0.4, -0.2) is 0 Å². The number of rotatable bonds is 5. The molecule has 0 aliphatic heterocycles. The van der Waals surface area contributed by atoms with Gasteiger partial charge in [0.05, 0.1) is 0 Å². The summed E-state index contributed by atoms with van der Waals surface area (Å²) >= 11 is 0. The van der Waals surface area contributed by atoms with Gasteiger partial charge in [-0.1, -0.05) is 158 Å². The van der Waals surface area contributed by atoms with Gasteiger partial charge in [0.25, 0.3) is 0 Å². The lowest BCUT2D eigenvalue weighted by molar-refractivity contribution is 0.626. The van der Waals surface area contributed by atoms with Crippen LogP contribution in [0.1, 0.15) is 46.9 Å². The van der Waals surface area contributed by atoms with Gasteiger partial charge in [-0.3, -0.25) is 0 Å². The SMILES string of the molecule is c1ccc2c(c1)-c1ccccc1C2CCC1c2cc(-c3cccc4ccccc34)ccc2-c2ccc(-c3cccc4ccccc34)cc21. The highest BCUT2D eigenvalue weighted by atomic mass is 14.4. The molecule has 0 aromatic heterocycles. The van der Waals surface area contributed by atoms with Gasteiger partial charge in [0.2, 0.25) is 0 Å². The minimum absolute atomic E-state index is 0.319. The maximum Gasteiger partial charge on any atom is 0.0102 e. The van der Waals surface area contributed by atoms with E-state index in [1.54, 1.807) is 0 Å². The fraction of sp³-hybridized carbons (Fsp3) is 0.0833. The molecule has 0 unspecified atom stereocenters. The van der Waals surface area contributed by atoms with Gasteiger partial charge in [-0.25, -0.2) is 0 Å². The van der Waals surface area contributed by atoms with Crippen molar-refractivity contribution in [2.45, 2.75) is 24.7 Å². The summed E-state index contributed by atoms with van der Waals surface area (Å²) < 4.78 is 0. The van der Waals surface area contributed by atoms with Gasteiger partial charge in [-0.2, -0.15) is 0 Å². The summed E-state index contributed by atoms with van der Waals surface area (Å²) in [4.78, 5) is 0. The molecule has 0 bridgehead atoms. The second kappa shape index (κ2) is 10.9. The summed E-state index contributed by atoms with van der Waals surface area (Å²) in [5, 5.41) is 5.19. The lowest BCUT2D eigenvalue weighted by Crippen LogP contribution is -2.03. The molecule has 48 heavy (non-hydrogen) atoms. The highest BCUT2D eigenvalue weighted by molar-refractivity contribution is 5.99. The zero-order valence-electron chi connectivity index (χ0n) is 26.7. The second-order valence-corrected chi connectivity index (χ2v) is 13.5. The average Bonchev–Trinajstić information content (AvgIpc) is 3.64. The van der Waals surface area contributed by atoms with Crippen LogP contribution in [0.25, 0.3) is 66.1 Å². The summed E-state index contributed by atoms with van der Waals surface area (Å²) in [5.41, 5.74) is 16.7. The van der Waals surface area contributed by atoms with Crippen LogP contribution < -0.4 is 0 Å². The quantitative estimate of drug-likeness (QED) is 0.182. The Labute approximate surface area is 282 Å². The first kappa shape index (κ1) is 27.4. The van der Waals surface area contributed by atoms with Crippen LogP contribution in [0.15, 0.2) is 170 Å². The minimum atomic E-state index is 0.319. The van der Waals surface area contributed by atoms with Crippen molar-refractivity contribution in [1.82, 2.24) is 0 Å². The van der Waals surface area contributed by atoms with E-state index < -0.39 is 0 Å². The summed E-state index contributed by atoms with van der Waals surface area (Å²) in [6, 6.07) is 63.5. The van der Waals surface area contributed by atoms with E-state index in [1.165, 1.54) is 88.3 Å². The van der Waals surface area contributed by atoms with E-state index in [0.717, 1.165) is 12.8 Å². The van der Waals surface area contributed by atoms with Crippen LogP contribution in [0.2, 0.25) is 0 Å². The molecule has 2 aliphatic carbocycles. The molecule has 10 rings (SSSR count). The lowest BCUT2D eigenvalue weighted by Gasteiger charge is -2.20. The highest BCUT2D eigenvalue weighted by Crippen LogP contribution is 2.53. The standard InChI is InChI=1S/C48H34/c1-3-15-35-31(11-1)13-9-21-37(35)33-23-25-44-45-26-24-34(38-22-10-14-32-12-2-4-16-36(32)38)30-48(45)46(47(44)29-33)28-27-43-41-19-7-5-17-39(41)40-18-6-8-20-42(40)43/h1-26,29-30,43,46H,27-28H2. The summed E-state index contributed by atoms with van der Waals surface area (Å²) in [5.74, 6) is 0.729. The molecule has 0 heteroatoms. The Bertz CT molecular complexity index is 2350. The molecule has 0 atom stereocenters. The number of hydrogen-bond donors (Lipinski definition) is 0. The molecular weight excluding hydrogens is 577 g/mol. The number of fused-ring (bicyclic) bond motifs is 8. The summed E-state index contributed by atoms with van der Waals surface area (Å²) in [6.07, 6.45) is 2.19. The van der Waals surface area contributed by atoms with Gasteiger partial charge < -0.3 is 0 Å². The van der Waals surface area contributed by atoms with Gasteiger partial charge in [0.1, 0.15) is 0 Å². The third-order valence-electron chi connectivity index (χ3n) is 11.1. The van der Waals surface area contributed by atoms with Gasteiger partial charge in [-0.15, -0.1) is 0 Å². The van der Waals surface area contributed by atoms with Crippen molar-refractivity contribution in [3.8, 4) is 44.5 Å². The molecule has 8 aromatic rings. The van der Waals surface area contributed by atoms with Crippen LogP contribution in [0.5, 0.6) is 0 Å². The molecule has 0 N–H and O–H groups in total. The van der Waals surface area contributed by atoms with E-state index >= 15 is 0 Å². The van der Waals surface area contributed by atoms with Gasteiger partial charge >= 0.3 is 0 Å². The Morgan fingerprint density at radius 1 is 0.292 bits per heavy atom. The number of benzene rings is 8. The first-order valence-electron chi connectivity index (χ1n) is 17.2. The van der Waals surface area contributed by atoms with Crippen molar-refractivity contribution in [1.29, 1.82) is 0 Å². The number of hydrogen-bond acceptors (Lipinski definition) is 0. The molecule has 2 aliphatic rings. The third-order valence-corrected chi connectivity index (χ3v) is 11.1. The molecule has 226 valence electrons. The smallest absolute Gasteiger partial charge is 0.0102 e.